The maximum atomic E-state index is 4.68. The Morgan fingerprint density at radius 2 is 1.60 bits per heavy atom. The molecule has 0 unspecified atom stereocenters. The Labute approximate surface area is 150 Å². The molecule has 2 aromatic heterocycles. The van der Waals surface area contributed by atoms with Crippen LogP contribution in [-0.4, -0.2) is 51.4 Å². The van der Waals surface area contributed by atoms with E-state index in [1.165, 1.54) is 10.4 Å². The molecule has 1 aliphatic rings. The second kappa shape index (κ2) is 6.44. The van der Waals surface area contributed by atoms with E-state index in [0.29, 0.717) is 0 Å². The van der Waals surface area contributed by atoms with Crippen LogP contribution < -0.4 is 9.80 Å². The number of piperazine rings is 1. The molecule has 1 fully saturated rings. The third-order valence-electron chi connectivity index (χ3n) is 4.58. The topological polar surface area (TPSA) is 63.0 Å². The van der Waals surface area contributed by atoms with Crippen molar-refractivity contribution >= 4 is 22.4 Å². The first kappa shape index (κ1) is 16.0. The van der Waals surface area contributed by atoms with E-state index in [4.69, 9.17) is 0 Å². The van der Waals surface area contributed by atoms with Crippen LogP contribution in [0.1, 0.15) is 16.1 Å². The molecule has 8 heteroatoms. The van der Waals surface area contributed by atoms with Crippen LogP contribution >= 0.6 is 11.3 Å². The molecule has 25 heavy (non-hydrogen) atoms. The fourth-order valence-electron chi connectivity index (χ4n) is 2.92. The minimum absolute atomic E-state index is 0.801. The van der Waals surface area contributed by atoms with Gasteiger partial charge in [-0.1, -0.05) is 22.8 Å². The second-order valence-electron chi connectivity index (χ2n) is 6.34. The third kappa shape index (κ3) is 3.09. The number of tetrazole rings is 1. The van der Waals surface area contributed by atoms with Crippen molar-refractivity contribution in [2.24, 2.45) is 0 Å². The molecular weight excluding hydrogens is 334 g/mol. The molecule has 130 valence electrons. The number of aromatic nitrogens is 5. The molecule has 0 saturated carbocycles. The van der Waals surface area contributed by atoms with Gasteiger partial charge in [-0.15, -0.1) is 11.3 Å². The SMILES string of the molecule is Cc1ccc(-n2nnnc2N2CCN(c3nc(C)c(C)s3)CC2)cc1. The van der Waals surface area contributed by atoms with Crippen molar-refractivity contribution in [1.29, 1.82) is 0 Å². The van der Waals surface area contributed by atoms with Crippen LogP contribution in [0.3, 0.4) is 0 Å². The summed E-state index contributed by atoms with van der Waals surface area (Å²) in [5.41, 5.74) is 3.34. The highest BCUT2D eigenvalue weighted by Gasteiger charge is 2.24. The number of rotatable bonds is 3. The Morgan fingerprint density at radius 1 is 0.920 bits per heavy atom. The maximum absolute atomic E-state index is 4.68. The second-order valence-corrected chi connectivity index (χ2v) is 7.52. The molecular formula is C17H21N7S. The lowest BCUT2D eigenvalue weighted by molar-refractivity contribution is 0.630. The summed E-state index contributed by atoms with van der Waals surface area (Å²) in [6.45, 7) is 9.88. The van der Waals surface area contributed by atoms with Crippen LogP contribution in [0.5, 0.6) is 0 Å². The molecule has 1 aliphatic heterocycles. The van der Waals surface area contributed by atoms with Crippen molar-refractivity contribution in [2.45, 2.75) is 20.8 Å². The van der Waals surface area contributed by atoms with Crippen LogP contribution in [-0.2, 0) is 0 Å². The molecule has 0 aliphatic carbocycles. The molecule has 0 bridgehead atoms. The smallest absolute Gasteiger partial charge is 0.250 e. The first-order valence-electron chi connectivity index (χ1n) is 8.41. The van der Waals surface area contributed by atoms with Gasteiger partial charge in [0.1, 0.15) is 0 Å². The number of nitrogens with zero attached hydrogens (tertiary/aromatic N) is 7. The predicted molar refractivity (Wildman–Crippen MR) is 99.9 cm³/mol. The number of anilines is 2. The standard InChI is InChI=1S/C17H21N7S/c1-12-4-6-15(7-5-12)24-16(19-20-21-24)22-8-10-23(11-9-22)17-18-13(2)14(3)25-17/h4-7H,8-11H2,1-3H3. The normalized spacial score (nSPS) is 15.0. The quantitative estimate of drug-likeness (QED) is 0.719. The van der Waals surface area contributed by atoms with Crippen LogP contribution in [0, 0.1) is 20.8 Å². The molecule has 0 N–H and O–H groups in total. The Kier molecular flexibility index (Phi) is 4.12. The highest BCUT2D eigenvalue weighted by Crippen LogP contribution is 2.27. The van der Waals surface area contributed by atoms with Crippen molar-refractivity contribution in [2.75, 3.05) is 36.0 Å². The minimum Gasteiger partial charge on any atom is -0.345 e. The van der Waals surface area contributed by atoms with Crippen LogP contribution in [0.2, 0.25) is 0 Å². The van der Waals surface area contributed by atoms with Gasteiger partial charge in [0.2, 0.25) is 5.95 Å². The van der Waals surface area contributed by atoms with Crippen LogP contribution in [0.15, 0.2) is 24.3 Å². The van der Waals surface area contributed by atoms with Gasteiger partial charge >= 0.3 is 0 Å². The molecule has 3 aromatic rings. The molecule has 3 heterocycles. The molecule has 0 radical (unpaired) electrons. The number of hydrogen-bond acceptors (Lipinski definition) is 7. The summed E-state index contributed by atoms with van der Waals surface area (Å²) in [7, 11) is 0. The highest BCUT2D eigenvalue weighted by atomic mass is 32.1. The van der Waals surface area contributed by atoms with Gasteiger partial charge in [-0.25, -0.2) is 4.98 Å². The zero-order valence-electron chi connectivity index (χ0n) is 14.7. The van der Waals surface area contributed by atoms with Gasteiger partial charge in [0, 0.05) is 31.1 Å². The van der Waals surface area contributed by atoms with Gasteiger partial charge < -0.3 is 9.80 Å². The lowest BCUT2D eigenvalue weighted by atomic mass is 10.2. The molecule has 0 atom stereocenters. The summed E-state index contributed by atoms with van der Waals surface area (Å²) in [5.74, 6) is 0.801. The van der Waals surface area contributed by atoms with E-state index in [2.05, 4.69) is 63.2 Å². The molecule has 0 amide bonds. The Balaban J connectivity index is 1.50. The zero-order valence-corrected chi connectivity index (χ0v) is 15.5. The third-order valence-corrected chi connectivity index (χ3v) is 5.72. The number of thiazole rings is 1. The van der Waals surface area contributed by atoms with Gasteiger partial charge in [-0.2, -0.15) is 4.68 Å². The van der Waals surface area contributed by atoms with Gasteiger partial charge in [-0.05, 0) is 43.3 Å². The average molecular weight is 355 g/mol. The zero-order chi connectivity index (χ0) is 17.4. The maximum Gasteiger partial charge on any atom is 0.250 e. The summed E-state index contributed by atoms with van der Waals surface area (Å²) >= 11 is 1.77. The van der Waals surface area contributed by atoms with Crippen molar-refractivity contribution < 1.29 is 0 Å². The first-order valence-corrected chi connectivity index (χ1v) is 9.23. The Morgan fingerprint density at radius 3 is 2.24 bits per heavy atom. The molecule has 1 aromatic carbocycles. The molecule has 7 nitrogen and oxygen atoms in total. The highest BCUT2D eigenvalue weighted by molar-refractivity contribution is 7.15. The van der Waals surface area contributed by atoms with Gasteiger partial charge in [-0.3, -0.25) is 0 Å². The van der Waals surface area contributed by atoms with Gasteiger partial charge in [0.15, 0.2) is 5.13 Å². The fourth-order valence-corrected chi connectivity index (χ4v) is 3.88. The lowest BCUT2D eigenvalue weighted by Crippen LogP contribution is -2.47. The summed E-state index contributed by atoms with van der Waals surface area (Å²) in [6.07, 6.45) is 0. The van der Waals surface area contributed by atoms with Crippen LogP contribution in [0.25, 0.3) is 5.69 Å². The fraction of sp³-hybridized carbons (Fsp3) is 0.412. The predicted octanol–water partition coefficient (Wildman–Crippen LogP) is 2.37. The summed E-state index contributed by atoms with van der Waals surface area (Å²) in [6, 6.07) is 8.25. The van der Waals surface area contributed by atoms with Gasteiger partial charge in [0.05, 0.1) is 11.4 Å². The lowest BCUT2D eigenvalue weighted by Gasteiger charge is -2.34. The Bertz CT molecular complexity index is 840. The summed E-state index contributed by atoms with van der Waals surface area (Å²) in [4.78, 5) is 10.6. The average Bonchev–Trinajstić information content (AvgIpc) is 3.23. The molecule has 4 rings (SSSR count). The Hall–Kier alpha value is -2.48. The van der Waals surface area contributed by atoms with Crippen molar-refractivity contribution in [3.8, 4) is 5.69 Å². The molecule has 1 saturated heterocycles. The summed E-state index contributed by atoms with van der Waals surface area (Å²) < 4.78 is 1.81. The summed E-state index contributed by atoms with van der Waals surface area (Å²) in [5, 5.41) is 13.4. The number of benzene rings is 1. The van der Waals surface area contributed by atoms with Crippen molar-refractivity contribution in [1.82, 2.24) is 25.2 Å². The largest absolute Gasteiger partial charge is 0.345 e. The number of aryl methyl sites for hydroxylation is 3. The van der Waals surface area contributed by atoms with Crippen molar-refractivity contribution in [3.05, 3.63) is 40.4 Å². The van der Waals surface area contributed by atoms with E-state index in [1.807, 2.05) is 16.8 Å². The van der Waals surface area contributed by atoms with E-state index in [9.17, 15) is 0 Å². The van der Waals surface area contributed by atoms with Gasteiger partial charge in [0.25, 0.3) is 0 Å². The van der Waals surface area contributed by atoms with E-state index in [0.717, 1.165) is 48.6 Å². The monoisotopic (exact) mass is 355 g/mol. The van der Waals surface area contributed by atoms with Crippen LogP contribution in [0.4, 0.5) is 11.1 Å². The minimum atomic E-state index is 0.801. The van der Waals surface area contributed by atoms with Crippen molar-refractivity contribution in [3.63, 3.8) is 0 Å². The van der Waals surface area contributed by atoms with E-state index >= 15 is 0 Å². The number of hydrogen-bond donors (Lipinski definition) is 0. The molecule has 0 spiro atoms. The van der Waals surface area contributed by atoms with E-state index in [-0.39, 0.29) is 0 Å². The van der Waals surface area contributed by atoms with E-state index in [1.54, 1.807) is 11.3 Å². The first-order chi connectivity index (χ1) is 12.1. The van der Waals surface area contributed by atoms with E-state index < -0.39 is 0 Å².